The van der Waals surface area contributed by atoms with Crippen molar-refractivity contribution in [3.8, 4) is 28.1 Å². The molecule has 2 saturated heterocycles. The van der Waals surface area contributed by atoms with Crippen molar-refractivity contribution in [1.82, 2.24) is 39.4 Å². The molecule has 0 spiro atoms. The maximum Gasteiger partial charge on any atom is 0.324 e. The minimum Gasteiger partial charge on any atom is -0.508 e. The smallest absolute Gasteiger partial charge is 0.324 e. The van der Waals surface area contributed by atoms with Crippen molar-refractivity contribution in [3.63, 3.8) is 0 Å². The molecular weight excluding hydrogens is 877 g/mol. The van der Waals surface area contributed by atoms with Crippen molar-refractivity contribution < 1.29 is 42.2 Å². The number of rotatable bonds is 11. The second kappa shape index (κ2) is 19.4. The molecule has 18 heteroatoms. The number of cyclic esters (lactones) is 1. The van der Waals surface area contributed by atoms with Crippen molar-refractivity contribution in [2.75, 3.05) is 46.6 Å². The van der Waals surface area contributed by atoms with Crippen LogP contribution in [0.15, 0.2) is 54.9 Å². The number of phenols is 1. The number of esters is 1. The van der Waals surface area contributed by atoms with Crippen LogP contribution in [0.1, 0.15) is 71.1 Å². The molecule has 360 valence electrons. The van der Waals surface area contributed by atoms with Crippen LogP contribution in [-0.4, -0.2) is 143 Å². The van der Waals surface area contributed by atoms with Crippen molar-refractivity contribution in [3.05, 3.63) is 71.5 Å². The second-order valence-corrected chi connectivity index (χ2v) is 21.3. The SMILES string of the molecule is CCc1ccncc1-c1c2c3cc(ccc3n1CC)-c1cc(O)cc(c1)C[C@H](NC(=O)[C@H](C(C)C)N(C)C(=O)CN(C)C(=O)C1CN1S(C)(=O)=O)C(=O)N1CCC[C@H](N1)C(=O)OCC(C)(C)C2. The number of pyridine rings is 1. The molecule has 4 amide bonds. The van der Waals surface area contributed by atoms with Gasteiger partial charge in [-0.05, 0) is 96.7 Å². The molecule has 3 N–H and O–H groups in total. The Hall–Kier alpha value is -5.85. The summed E-state index contributed by atoms with van der Waals surface area (Å²) in [6, 6.07) is 9.33. The summed E-state index contributed by atoms with van der Waals surface area (Å²) in [7, 11) is -0.733. The summed E-state index contributed by atoms with van der Waals surface area (Å²) in [6.45, 7) is 12.5. The number of aromatic hydroxyl groups is 1. The number of hydrazine groups is 1. The largest absolute Gasteiger partial charge is 0.508 e. The molecule has 0 radical (unpaired) electrons. The van der Waals surface area contributed by atoms with Crippen LogP contribution >= 0.6 is 0 Å². The average molecular weight is 941 g/mol. The summed E-state index contributed by atoms with van der Waals surface area (Å²) in [5.41, 5.74) is 9.97. The van der Waals surface area contributed by atoms with E-state index >= 15 is 0 Å². The second-order valence-electron chi connectivity index (χ2n) is 19.3. The van der Waals surface area contributed by atoms with Gasteiger partial charge in [-0.15, -0.1) is 0 Å². The molecule has 6 bridgehead atoms. The lowest BCUT2D eigenvalue weighted by atomic mass is 9.84. The number of aryl methyl sites for hydroxylation is 2. The fraction of sp³-hybridized carbons (Fsp3) is 0.510. The summed E-state index contributed by atoms with van der Waals surface area (Å²) in [5, 5.41) is 16.6. The Labute approximate surface area is 392 Å². The molecule has 7 rings (SSSR count). The number of benzene rings is 2. The molecule has 0 aliphatic carbocycles. The van der Waals surface area contributed by atoms with E-state index in [1.54, 1.807) is 26.0 Å². The lowest BCUT2D eigenvalue weighted by molar-refractivity contribution is -0.155. The zero-order valence-electron chi connectivity index (χ0n) is 40.0. The number of nitrogens with zero attached hydrogens (tertiary/aromatic N) is 6. The first-order chi connectivity index (χ1) is 31.6. The summed E-state index contributed by atoms with van der Waals surface area (Å²) < 4.78 is 33.3. The molecule has 5 heterocycles. The van der Waals surface area contributed by atoms with Crippen LogP contribution in [0.3, 0.4) is 0 Å². The fourth-order valence-corrected chi connectivity index (χ4v) is 10.6. The standard InChI is InChI=1S/C49H64N8O9S/c1-10-31-16-17-50-25-37(31)44-36-24-49(5,6)28-66-48(63)38-13-12-18-56(52-38)46(61)39(21-30-19-33(22-34(58)20-30)32-14-15-40(35(36)23-32)55(44)11-2)51-45(60)43(29(3)4)54(8)42(59)27-53(7)47(62)41-26-57(41)67(9,64)65/h14-17,19-20,22-23,25,29,38-39,41,43,52,58H,10-13,18,21,24,26-28H2,1-9H3,(H,51,60)/t38-,39-,41?,43-,57?/m0/s1. The molecule has 67 heavy (non-hydrogen) atoms. The Bertz CT molecular complexity index is 2700. The normalized spacial score (nSPS) is 21.3. The molecule has 2 aromatic heterocycles. The van der Waals surface area contributed by atoms with E-state index in [9.17, 15) is 37.5 Å². The molecule has 2 fully saturated rings. The Kier molecular flexibility index (Phi) is 14.2. The number of likely N-dealkylation sites (N-methyl/N-ethyl adjacent to an activating group) is 2. The highest BCUT2D eigenvalue weighted by molar-refractivity contribution is 7.88. The average Bonchev–Trinajstić information content (AvgIpc) is 4.05. The highest BCUT2D eigenvalue weighted by atomic mass is 32.2. The van der Waals surface area contributed by atoms with Gasteiger partial charge in [0.15, 0.2) is 0 Å². The van der Waals surface area contributed by atoms with E-state index in [-0.39, 0.29) is 31.9 Å². The van der Waals surface area contributed by atoms with Gasteiger partial charge in [-0.1, -0.05) is 46.8 Å². The Morgan fingerprint density at radius 1 is 1.06 bits per heavy atom. The maximum atomic E-state index is 14.7. The van der Waals surface area contributed by atoms with Gasteiger partial charge in [0.2, 0.25) is 27.7 Å². The first-order valence-corrected chi connectivity index (χ1v) is 24.9. The van der Waals surface area contributed by atoms with Gasteiger partial charge in [-0.2, -0.15) is 4.31 Å². The Morgan fingerprint density at radius 2 is 1.81 bits per heavy atom. The van der Waals surface area contributed by atoms with Crippen molar-refractivity contribution in [2.45, 2.75) is 104 Å². The van der Waals surface area contributed by atoms with Gasteiger partial charge in [-0.3, -0.25) is 34.0 Å². The molecule has 17 nitrogen and oxygen atoms in total. The Morgan fingerprint density at radius 3 is 2.48 bits per heavy atom. The summed E-state index contributed by atoms with van der Waals surface area (Å²) in [4.78, 5) is 76.7. The summed E-state index contributed by atoms with van der Waals surface area (Å²) in [6.07, 6.45) is 6.94. The number of aromatic nitrogens is 2. The minimum atomic E-state index is -3.58. The Balaban J connectivity index is 1.26. The van der Waals surface area contributed by atoms with Crippen LogP contribution in [-0.2, 0) is 64.5 Å². The van der Waals surface area contributed by atoms with E-state index in [0.29, 0.717) is 36.9 Å². The van der Waals surface area contributed by atoms with Gasteiger partial charge in [0.25, 0.3) is 5.91 Å². The number of hydrogen-bond donors (Lipinski definition) is 3. The molecule has 2 aromatic carbocycles. The summed E-state index contributed by atoms with van der Waals surface area (Å²) >= 11 is 0. The fourth-order valence-electron chi connectivity index (χ4n) is 9.63. The van der Waals surface area contributed by atoms with Gasteiger partial charge < -0.3 is 29.5 Å². The van der Waals surface area contributed by atoms with Crippen LogP contribution in [0, 0.1) is 11.3 Å². The van der Waals surface area contributed by atoms with Crippen LogP contribution in [0.25, 0.3) is 33.3 Å². The number of phenolic OH excluding ortho intramolecular Hbond substituents is 1. The number of fused-ring (bicyclic) bond motifs is 6. The van der Waals surface area contributed by atoms with Crippen LogP contribution < -0.4 is 10.7 Å². The van der Waals surface area contributed by atoms with Crippen LogP contribution in [0.4, 0.5) is 0 Å². The van der Waals surface area contributed by atoms with Gasteiger partial charge >= 0.3 is 5.97 Å². The van der Waals surface area contributed by atoms with E-state index in [0.717, 1.165) is 60.7 Å². The lowest BCUT2D eigenvalue weighted by Gasteiger charge is -2.37. The molecule has 5 atom stereocenters. The topological polar surface area (TPSA) is 204 Å². The quantitative estimate of drug-likeness (QED) is 0.146. The van der Waals surface area contributed by atoms with Crippen LogP contribution in [0.2, 0.25) is 0 Å². The highest BCUT2D eigenvalue weighted by Crippen LogP contribution is 2.41. The molecule has 3 aliphatic heterocycles. The third kappa shape index (κ3) is 10.5. The third-order valence-electron chi connectivity index (χ3n) is 13.1. The predicted octanol–water partition coefficient (Wildman–Crippen LogP) is 3.89. The van der Waals surface area contributed by atoms with E-state index in [1.165, 1.54) is 24.0 Å². The van der Waals surface area contributed by atoms with E-state index in [2.05, 4.69) is 60.1 Å². The first kappa shape index (κ1) is 49.1. The number of carbonyl (C=O) groups excluding carboxylic acids is 5. The van der Waals surface area contributed by atoms with E-state index in [4.69, 9.17) is 4.74 Å². The molecule has 4 aromatic rings. The molecular formula is C49H64N8O9S. The van der Waals surface area contributed by atoms with Gasteiger partial charge in [0.1, 0.15) is 29.9 Å². The van der Waals surface area contributed by atoms with Gasteiger partial charge in [0, 0.05) is 74.4 Å². The minimum absolute atomic E-state index is 0.0297. The number of sulfonamides is 1. The molecule has 0 saturated carbocycles. The zero-order chi connectivity index (χ0) is 48.7. The van der Waals surface area contributed by atoms with E-state index < -0.39 is 81.7 Å². The van der Waals surface area contributed by atoms with Crippen molar-refractivity contribution in [2.24, 2.45) is 11.3 Å². The first-order valence-electron chi connectivity index (χ1n) is 23.1. The zero-order valence-corrected chi connectivity index (χ0v) is 40.8. The van der Waals surface area contributed by atoms with Crippen molar-refractivity contribution in [1.29, 1.82) is 0 Å². The molecule has 2 unspecified atom stereocenters. The van der Waals surface area contributed by atoms with Gasteiger partial charge in [-0.25, -0.2) is 13.8 Å². The third-order valence-corrected chi connectivity index (χ3v) is 14.4. The number of ether oxygens (including phenoxy) is 1. The summed E-state index contributed by atoms with van der Waals surface area (Å²) in [5.74, 6) is -3.25. The van der Waals surface area contributed by atoms with Gasteiger partial charge in [0.05, 0.1) is 25.1 Å². The number of amides is 4. The predicted molar refractivity (Wildman–Crippen MR) is 254 cm³/mol. The highest BCUT2D eigenvalue weighted by Gasteiger charge is 2.48. The number of hydrogen-bond acceptors (Lipinski definition) is 11. The number of carbonyl (C=O) groups is 5. The van der Waals surface area contributed by atoms with Crippen LogP contribution in [0.5, 0.6) is 5.75 Å². The molecule has 3 aliphatic rings. The monoisotopic (exact) mass is 940 g/mol. The van der Waals surface area contributed by atoms with Crippen molar-refractivity contribution >= 4 is 50.5 Å². The number of nitrogens with one attached hydrogen (secondary N) is 2. The lowest BCUT2D eigenvalue weighted by Crippen LogP contribution is -2.62. The maximum absolute atomic E-state index is 14.7. The van der Waals surface area contributed by atoms with E-state index in [1.807, 2.05) is 30.6 Å².